The Labute approximate surface area is 201 Å². The number of thioether (sulfide) groups is 1. The molecule has 33 heavy (non-hydrogen) atoms. The highest BCUT2D eigenvalue weighted by molar-refractivity contribution is 8.00. The van der Waals surface area contributed by atoms with Gasteiger partial charge in [0.15, 0.2) is 0 Å². The van der Waals surface area contributed by atoms with E-state index in [0.717, 1.165) is 34.2 Å². The van der Waals surface area contributed by atoms with E-state index in [-0.39, 0.29) is 17.2 Å². The van der Waals surface area contributed by atoms with E-state index in [1.807, 2.05) is 0 Å². The molecule has 0 aliphatic carbocycles. The largest absolute Gasteiger partial charge is 0.444 e. The van der Waals surface area contributed by atoms with Crippen LogP contribution in [0.5, 0.6) is 0 Å². The van der Waals surface area contributed by atoms with Crippen molar-refractivity contribution in [3.63, 3.8) is 0 Å². The minimum Gasteiger partial charge on any atom is -0.444 e. The predicted octanol–water partition coefficient (Wildman–Crippen LogP) is 4.60. The van der Waals surface area contributed by atoms with Crippen LogP contribution in [-0.2, 0) is 20.8 Å². The number of carbonyl (C=O) groups is 2. The molecule has 4 N–H and O–H groups in total. The Morgan fingerprint density at radius 3 is 2.70 bits per heavy atom. The van der Waals surface area contributed by atoms with Gasteiger partial charge in [-0.2, -0.15) is 5.10 Å². The highest BCUT2D eigenvalue weighted by Gasteiger charge is 2.22. The molecule has 3 heterocycles. The summed E-state index contributed by atoms with van der Waals surface area (Å²) in [6, 6.07) is 0. The van der Waals surface area contributed by atoms with Crippen LogP contribution >= 0.6 is 23.1 Å². The SMILES string of the molecule is CC(C)(C)c1cnc(CSc2cnc(C(CCCCCC(=O)Nc3cn[nH]c3)C(N)=O)s2)o1. The van der Waals surface area contributed by atoms with E-state index >= 15 is 0 Å². The van der Waals surface area contributed by atoms with E-state index in [1.54, 1.807) is 36.5 Å². The fourth-order valence-corrected chi connectivity index (χ4v) is 5.09. The molecule has 0 saturated heterocycles. The minimum absolute atomic E-state index is 0.0508. The maximum Gasteiger partial charge on any atom is 0.227 e. The van der Waals surface area contributed by atoms with E-state index in [2.05, 4.69) is 46.3 Å². The number of hydrogen-bond acceptors (Lipinski definition) is 8. The predicted molar refractivity (Wildman–Crippen MR) is 129 cm³/mol. The van der Waals surface area contributed by atoms with Crippen LogP contribution in [0.3, 0.4) is 0 Å². The molecule has 1 atom stereocenters. The van der Waals surface area contributed by atoms with Crippen molar-refractivity contribution in [3.8, 4) is 0 Å². The lowest BCUT2D eigenvalue weighted by Crippen LogP contribution is -2.21. The topological polar surface area (TPSA) is 140 Å². The molecule has 3 aromatic heterocycles. The van der Waals surface area contributed by atoms with Gasteiger partial charge in [-0.3, -0.25) is 14.7 Å². The average molecular weight is 491 g/mol. The molecule has 0 aliphatic rings. The van der Waals surface area contributed by atoms with Crippen LogP contribution in [0.1, 0.15) is 75.5 Å². The summed E-state index contributed by atoms with van der Waals surface area (Å²) in [5.41, 5.74) is 6.23. The number of oxazole rings is 1. The molecule has 0 saturated carbocycles. The zero-order valence-electron chi connectivity index (χ0n) is 19.1. The number of rotatable bonds is 12. The summed E-state index contributed by atoms with van der Waals surface area (Å²) in [5.74, 6) is 1.28. The first-order valence-corrected chi connectivity index (χ1v) is 12.6. The van der Waals surface area contributed by atoms with Gasteiger partial charge in [0.1, 0.15) is 10.8 Å². The van der Waals surface area contributed by atoms with Gasteiger partial charge in [0, 0.05) is 18.0 Å². The number of nitrogens with zero attached hydrogens (tertiary/aromatic N) is 3. The van der Waals surface area contributed by atoms with E-state index in [0.29, 0.717) is 30.2 Å². The Hall–Kier alpha value is -2.66. The number of hydrogen-bond donors (Lipinski definition) is 3. The third-order valence-corrected chi connectivity index (χ3v) is 7.24. The van der Waals surface area contributed by atoms with Crippen LogP contribution in [0.15, 0.2) is 33.4 Å². The molecular weight excluding hydrogens is 460 g/mol. The highest BCUT2D eigenvalue weighted by Crippen LogP contribution is 2.34. The quantitative estimate of drug-likeness (QED) is 0.249. The Balaban J connectivity index is 1.42. The molecular formula is C22H30N6O3S2. The van der Waals surface area contributed by atoms with Crippen molar-refractivity contribution < 1.29 is 14.0 Å². The van der Waals surface area contributed by atoms with Gasteiger partial charge in [-0.25, -0.2) is 9.97 Å². The molecule has 0 aliphatic heterocycles. The van der Waals surface area contributed by atoms with E-state index in [1.165, 1.54) is 11.3 Å². The van der Waals surface area contributed by atoms with Gasteiger partial charge in [0.2, 0.25) is 17.7 Å². The second-order valence-corrected chi connectivity index (χ2v) is 11.1. The Bertz CT molecular complexity index is 1040. The minimum atomic E-state index is -0.418. The number of unbranched alkanes of at least 4 members (excludes halogenated alkanes) is 2. The number of nitrogens with one attached hydrogen (secondary N) is 2. The first kappa shape index (κ1) is 25.0. The van der Waals surface area contributed by atoms with E-state index in [4.69, 9.17) is 10.2 Å². The van der Waals surface area contributed by atoms with Crippen molar-refractivity contribution >= 4 is 40.6 Å². The van der Waals surface area contributed by atoms with Crippen molar-refractivity contribution in [1.29, 1.82) is 0 Å². The average Bonchev–Trinajstić information content (AvgIpc) is 3.50. The number of amides is 2. The molecule has 0 fully saturated rings. The molecule has 9 nitrogen and oxygen atoms in total. The lowest BCUT2D eigenvalue weighted by molar-refractivity contribution is -0.119. The standard InChI is InChI=1S/C22H30N6O3S2/c1-22(2,3)16-11-24-18(31-16)13-32-19-12-25-21(33-19)15(20(23)30)7-5-4-6-8-17(29)28-14-9-26-27-10-14/h9-12,15H,4-8,13H2,1-3H3,(H2,23,30)(H,26,27)(H,28,29). The Kier molecular flexibility index (Phi) is 8.67. The summed E-state index contributed by atoms with van der Waals surface area (Å²) in [6.07, 6.45) is 10.1. The lowest BCUT2D eigenvalue weighted by Gasteiger charge is -2.12. The molecule has 0 bridgehead atoms. The van der Waals surface area contributed by atoms with Crippen LogP contribution < -0.4 is 11.1 Å². The van der Waals surface area contributed by atoms with Crippen LogP contribution in [0.2, 0.25) is 0 Å². The van der Waals surface area contributed by atoms with Crippen LogP contribution in [0, 0.1) is 0 Å². The van der Waals surface area contributed by atoms with Gasteiger partial charge in [0.25, 0.3) is 0 Å². The fraction of sp³-hybridized carbons (Fsp3) is 0.500. The first-order chi connectivity index (χ1) is 15.7. The highest BCUT2D eigenvalue weighted by atomic mass is 32.2. The molecule has 0 aromatic carbocycles. The summed E-state index contributed by atoms with van der Waals surface area (Å²) in [6.45, 7) is 6.25. The fourth-order valence-electron chi connectivity index (χ4n) is 3.10. The molecule has 1 unspecified atom stereocenters. The second-order valence-electron chi connectivity index (χ2n) is 8.76. The molecule has 178 valence electrons. The van der Waals surface area contributed by atoms with Crippen molar-refractivity contribution in [2.45, 2.75) is 74.2 Å². The Morgan fingerprint density at radius 1 is 1.21 bits per heavy atom. The number of thiazole rings is 1. The van der Waals surface area contributed by atoms with Crippen LogP contribution in [-0.4, -0.2) is 32.0 Å². The maximum atomic E-state index is 12.0. The third kappa shape index (κ3) is 7.71. The molecule has 11 heteroatoms. The smallest absolute Gasteiger partial charge is 0.227 e. The van der Waals surface area contributed by atoms with Gasteiger partial charge >= 0.3 is 0 Å². The van der Waals surface area contributed by atoms with Gasteiger partial charge < -0.3 is 15.5 Å². The third-order valence-electron chi connectivity index (χ3n) is 4.95. The summed E-state index contributed by atoms with van der Waals surface area (Å²) in [4.78, 5) is 32.7. The van der Waals surface area contributed by atoms with E-state index in [9.17, 15) is 9.59 Å². The molecule has 0 spiro atoms. The van der Waals surface area contributed by atoms with Crippen molar-refractivity contribution in [2.24, 2.45) is 5.73 Å². The van der Waals surface area contributed by atoms with Crippen molar-refractivity contribution in [1.82, 2.24) is 20.2 Å². The van der Waals surface area contributed by atoms with E-state index < -0.39 is 5.92 Å². The molecule has 3 rings (SSSR count). The van der Waals surface area contributed by atoms with Crippen molar-refractivity contribution in [3.05, 3.63) is 41.4 Å². The van der Waals surface area contributed by atoms with Gasteiger partial charge in [-0.05, 0) is 12.8 Å². The number of aromatic nitrogens is 4. The zero-order valence-corrected chi connectivity index (χ0v) is 20.7. The second kappa shape index (κ2) is 11.5. The summed E-state index contributed by atoms with van der Waals surface area (Å²) < 4.78 is 6.82. The molecule has 0 radical (unpaired) electrons. The summed E-state index contributed by atoms with van der Waals surface area (Å²) >= 11 is 3.06. The maximum absolute atomic E-state index is 12.0. The normalized spacial score (nSPS) is 12.6. The van der Waals surface area contributed by atoms with Crippen LogP contribution in [0.25, 0.3) is 0 Å². The summed E-state index contributed by atoms with van der Waals surface area (Å²) in [7, 11) is 0. The number of primary amides is 1. The number of H-pyrrole nitrogens is 1. The number of nitrogens with two attached hydrogens (primary N) is 1. The lowest BCUT2D eigenvalue weighted by atomic mass is 9.94. The zero-order chi connectivity index (χ0) is 23.8. The Morgan fingerprint density at radius 2 is 2.03 bits per heavy atom. The number of aromatic amines is 1. The van der Waals surface area contributed by atoms with Gasteiger partial charge in [0.05, 0.1) is 40.2 Å². The number of anilines is 1. The van der Waals surface area contributed by atoms with Crippen LogP contribution in [0.4, 0.5) is 5.69 Å². The molecule has 2 amide bonds. The summed E-state index contributed by atoms with van der Waals surface area (Å²) in [5, 5.41) is 9.94. The first-order valence-electron chi connectivity index (χ1n) is 10.8. The molecule has 3 aromatic rings. The number of carbonyl (C=O) groups excluding carboxylic acids is 2. The van der Waals surface area contributed by atoms with Crippen molar-refractivity contribution in [2.75, 3.05) is 5.32 Å². The van der Waals surface area contributed by atoms with Gasteiger partial charge in [-0.1, -0.05) is 33.6 Å². The van der Waals surface area contributed by atoms with Gasteiger partial charge in [-0.15, -0.1) is 23.1 Å². The monoisotopic (exact) mass is 490 g/mol.